The maximum atomic E-state index is 13.2. The van der Waals surface area contributed by atoms with Crippen LogP contribution in [-0.4, -0.2) is 53.2 Å². The molecule has 0 N–H and O–H groups in total. The van der Waals surface area contributed by atoms with Gasteiger partial charge >= 0.3 is 0 Å². The molecular weight excluding hydrogens is 445 g/mol. The number of benzene rings is 1. The molecule has 1 fully saturated rings. The first-order chi connectivity index (χ1) is 15.5. The maximum absolute atomic E-state index is 13.2. The summed E-state index contributed by atoms with van der Waals surface area (Å²) in [4.78, 5) is 17.5. The number of ether oxygens (including phenoxy) is 1. The Morgan fingerprint density at radius 2 is 1.97 bits per heavy atom. The third-order valence-electron chi connectivity index (χ3n) is 5.67. The predicted octanol–water partition coefficient (Wildman–Crippen LogP) is 4.42. The van der Waals surface area contributed by atoms with E-state index < -0.39 is 21.4 Å². The lowest BCUT2D eigenvalue weighted by Gasteiger charge is -2.37. The van der Waals surface area contributed by atoms with Gasteiger partial charge in [0.25, 0.3) is 0 Å². The molecule has 33 heavy (non-hydrogen) atoms. The summed E-state index contributed by atoms with van der Waals surface area (Å²) in [5, 5.41) is 4.75. The van der Waals surface area contributed by atoms with Crippen molar-refractivity contribution in [2.45, 2.75) is 46.3 Å². The predicted molar refractivity (Wildman–Crippen MR) is 125 cm³/mol. The van der Waals surface area contributed by atoms with Crippen molar-refractivity contribution < 1.29 is 22.3 Å². The quantitative estimate of drug-likeness (QED) is 0.450. The van der Waals surface area contributed by atoms with Crippen molar-refractivity contribution in [3.63, 3.8) is 0 Å². The molecule has 1 unspecified atom stereocenters. The Hall–Kier alpha value is -2.81. The van der Waals surface area contributed by atoms with Crippen molar-refractivity contribution in [3.8, 4) is 17.0 Å². The third-order valence-corrected chi connectivity index (χ3v) is 7.94. The van der Waals surface area contributed by atoms with Gasteiger partial charge in [-0.15, -0.1) is 0 Å². The average Bonchev–Trinajstić information content (AvgIpc) is 3.10. The van der Waals surface area contributed by atoms with E-state index in [9.17, 15) is 17.6 Å². The number of carbonyl (C=O) groups excluding carboxylic acids is 1. The molecular formula is C24H28FN3O4S. The van der Waals surface area contributed by atoms with Crippen LogP contribution in [0.4, 0.5) is 4.39 Å². The Morgan fingerprint density at radius 1 is 1.24 bits per heavy atom. The molecule has 0 spiro atoms. The molecule has 4 rings (SSSR count). The molecule has 3 aromatic rings. The number of fused-ring (bicyclic) bond motifs is 1. The SMILES string of the molecule is CC(F)COc1cccc(-c2nn(C(C)C)c3cc(C(=O)CC4(C)CS(=O)(=O)C4)cnc23)c1. The molecule has 0 amide bonds. The monoisotopic (exact) mass is 473 g/mol. The minimum absolute atomic E-state index is 0.0227. The number of carbonyl (C=O) groups is 1. The fourth-order valence-electron chi connectivity index (χ4n) is 4.32. The molecule has 0 saturated carbocycles. The summed E-state index contributed by atoms with van der Waals surface area (Å²) in [5.41, 5.74) is 2.71. The first-order valence-electron chi connectivity index (χ1n) is 11.0. The van der Waals surface area contributed by atoms with E-state index in [1.165, 1.54) is 13.1 Å². The maximum Gasteiger partial charge on any atom is 0.165 e. The zero-order valence-electron chi connectivity index (χ0n) is 19.2. The Bertz CT molecular complexity index is 1300. The molecule has 1 atom stereocenters. The molecule has 176 valence electrons. The number of hydrogen-bond acceptors (Lipinski definition) is 6. The highest BCUT2D eigenvalue weighted by atomic mass is 32.2. The normalized spacial score (nSPS) is 17.6. The fraction of sp³-hybridized carbons (Fsp3) is 0.458. The summed E-state index contributed by atoms with van der Waals surface area (Å²) in [7, 11) is -3.02. The highest BCUT2D eigenvalue weighted by Crippen LogP contribution is 2.37. The standard InChI is InChI=1S/C24H28FN3O4S/c1-15(2)28-20-9-18(21(29)10-24(4)13-33(30,31)14-24)11-26-23(20)22(27-28)17-6-5-7-19(8-17)32-12-16(3)25/h5-9,11,15-16H,10,12-14H2,1-4H3. The van der Waals surface area contributed by atoms with Gasteiger partial charge in [0, 0.05) is 35.2 Å². The number of nitrogens with zero attached hydrogens (tertiary/aromatic N) is 3. The smallest absolute Gasteiger partial charge is 0.165 e. The number of Topliss-reactive ketones (excluding diaryl/α,β-unsaturated/α-hetero) is 1. The van der Waals surface area contributed by atoms with E-state index in [0.29, 0.717) is 22.5 Å². The minimum atomic E-state index is -3.02. The second-order valence-electron chi connectivity index (χ2n) is 9.54. The number of sulfone groups is 1. The van der Waals surface area contributed by atoms with E-state index in [-0.39, 0.29) is 36.4 Å². The Morgan fingerprint density at radius 3 is 2.61 bits per heavy atom. The van der Waals surface area contributed by atoms with Gasteiger partial charge in [0.05, 0.1) is 17.0 Å². The lowest BCUT2D eigenvalue weighted by molar-refractivity contribution is 0.0936. The van der Waals surface area contributed by atoms with Crippen LogP contribution in [0.3, 0.4) is 0 Å². The van der Waals surface area contributed by atoms with Crippen LogP contribution in [0, 0.1) is 5.41 Å². The largest absolute Gasteiger partial charge is 0.491 e. The topological polar surface area (TPSA) is 91.2 Å². The van der Waals surface area contributed by atoms with Crippen molar-refractivity contribution in [2.75, 3.05) is 18.1 Å². The number of hydrogen-bond donors (Lipinski definition) is 0. The summed E-state index contributed by atoms with van der Waals surface area (Å²) < 4.78 is 43.7. The zero-order valence-corrected chi connectivity index (χ0v) is 20.0. The molecule has 2 aromatic heterocycles. The number of halogens is 1. The van der Waals surface area contributed by atoms with Crippen molar-refractivity contribution in [2.24, 2.45) is 5.41 Å². The molecule has 1 aromatic carbocycles. The molecule has 1 aliphatic heterocycles. The van der Waals surface area contributed by atoms with Gasteiger partial charge in [-0.3, -0.25) is 14.5 Å². The summed E-state index contributed by atoms with van der Waals surface area (Å²) in [6.07, 6.45) is 0.617. The number of alkyl halides is 1. The molecule has 0 aliphatic carbocycles. The van der Waals surface area contributed by atoms with Gasteiger partial charge in [-0.1, -0.05) is 19.1 Å². The number of ketones is 1. The van der Waals surface area contributed by atoms with Crippen LogP contribution in [0.1, 0.15) is 50.5 Å². The van der Waals surface area contributed by atoms with Crippen LogP contribution in [0.5, 0.6) is 5.75 Å². The van der Waals surface area contributed by atoms with Crippen molar-refractivity contribution in [1.29, 1.82) is 0 Å². The summed E-state index contributed by atoms with van der Waals surface area (Å²) >= 11 is 0. The summed E-state index contributed by atoms with van der Waals surface area (Å²) in [5.74, 6) is 0.486. The van der Waals surface area contributed by atoms with Crippen LogP contribution in [0.2, 0.25) is 0 Å². The lowest BCUT2D eigenvalue weighted by atomic mass is 9.86. The van der Waals surface area contributed by atoms with Gasteiger partial charge in [0.15, 0.2) is 15.6 Å². The van der Waals surface area contributed by atoms with Gasteiger partial charge < -0.3 is 4.74 Å². The highest BCUT2D eigenvalue weighted by molar-refractivity contribution is 7.92. The summed E-state index contributed by atoms with van der Waals surface area (Å²) in [6.45, 7) is 7.22. The van der Waals surface area contributed by atoms with E-state index in [1.54, 1.807) is 18.2 Å². The molecule has 0 radical (unpaired) electrons. The van der Waals surface area contributed by atoms with E-state index in [2.05, 4.69) is 4.98 Å². The van der Waals surface area contributed by atoms with Crippen LogP contribution >= 0.6 is 0 Å². The van der Waals surface area contributed by atoms with Crippen molar-refractivity contribution >= 4 is 26.7 Å². The van der Waals surface area contributed by atoms with Gasteiger partial charge in [-0.2, -0.15) is 5.10 Å². The summed E-state index contributed by atoms with van der Waals surface area (Å²) in [6, 6.07) is 9.07. The molecule has 1 aliphatic rings. The third kappa shape index (κ3) is 4.93. The Kier molecular flexibility index (Phi) is 6.03. The first kappa shape index (κ1) is 23.4. The zero-order chi connectivity index (χ0) is 24.0. The van der Waals surface area contributed by atoms with Crippen LogP contribution in [0.15, 0.2) is 36.5 Å². The minimum Gasteiger partial charge on any atom is -0.491 e. The second-order valence-corrected chi connectivity index (χ2v) is 11.6. The van der Waals surface area contributed by atoms with Crippen molar-refractivity contribution in [3.05, 3.63) is 42.1 Å². The Balaban J connectivity index is 1.68. The first-order valence-corrected chi connectivity index (χ1v) is 12.8. The molecule has 1 saturated heterocycles. The molecule has 3 heterocycles. The van der Waals surface area contributed by atoms with E-state index in [4.69, 9.17) is 9.84 Å². The van der Waals surface area contributed by atoms with Crippen LogP contribution < -0.4 is 4.74 Å². The number of rotatable bonds is 8. The van der Waals surface area contributed by atoms with Crippen LogP contribution in [-0.2, 0) is 9.84 Å². The van der Waals surface area contributed by atoms with Gasteiger partial charge in [0.1, 0.15) is 29.7 Å². The van der Waals surface area contributed by atoms with E-state index >= 15 is 0 Å². The molecule has 9 heteroatoms. The number of aromatic nitrogens is 3. The number of pyridine rings is 1. The molecule has 0 bridgehead atoms. The lowest BCUT2D eigenvalue weighted by Crippen LogP contribution is -2.47. The van der Waals surface area contributed by atoms with Gasteiger partial charge in [0.2, 0.25) is 0 Å². The van der Waals surface area contributed by atoms with E-state index in [0.717, 1.165) is 11.1 Å². The van der Waals surface area contributed by atoms with Gasteiger partial charge in [-0.05, 0) is 39.0 Å². The fourth-order valence-corrected chi connectivity index (χ4v) is 6.56. The average molecular weight is 474 g/mol. The van der Waals surface area contributed by atoms with Gasteiger partial charge in [-0.25, -0.2) is 12.8 Å². The molecule has 7 nitrogen and oxygen atoms in total. The van der Waals surface area contributed by atoms with Crippen molar-refractivity contribution in [1.82, 2.24) is 14.8 Å². The second kappa shape index (κ2) is 8.52. The van der Waals surface area contributed by atoms with Crippen LogP contribution in [0.25, 0.3) is 22.3 Å². The van der Waals surface area contributed by atoms with E-state index in [1.807, 2.05) is 37.6 Å². The Labute approximate surface area is 192 Å². The highest BCUT2D eigenvalue weighted by Gasteiger charge is 2.45.